The van der Waals surface area contributed by atoms with Gasteiger partial charge in [-0.1, -0.05) is 49.3 Å². The third-order valence-electron chi connectivity index (χ3n) is 5.28. The molecule has 1 aliphatic rings. The summed E-state index contributed by atoms with van der Waals surface area (Å²) in [5.41, 5.74) is -0.270. The van der Waals surface area contributed by atoms with Crippen LogP contribution in [0.5, 0.6) is 0 Å². The summed E-state index contributed by atoms with van der Waals surface area (Å²) < 4.78 is 22.9. The first-order chi connectivity index (χ1) is 15.0. The van der Waals surface area contributed by atoms with Crippen molar-refractivity contribution in [1.29, 1.82) is 0 Å². The molecule has 0 saturated carbocycles. The van der Waals surface area contributed by atoms with Crippen LogP contribution in [-0.2, 0) is 24.3 Å². The van der Waals surface area contributed by atoms with Gasteiger partial charge >= 0.3 is 5.97 Å². The summed E-state index contributed by atoms with van der Waals surface area (Å²) in [7, 11) is -3.49. The molecule has 0 unspecified atom stereocenters. The number of pyridine rings is 1. The van der Waals surface area contributed by atoms with Gasteiger partial charge in [0.15, 0.2) is 9.84 Å². The second-order valence-electron chi connectivity index (χ2n) is 8.07. The summed E-state index contributed by atoms with van der Waals surface area (Å²) in [5.74, 6) is -2.07. The van der Waals surface area contributed by atoms with Gasteiger partial charge in [-0.3, -0.25) is 14.6 Å². The van der Waals surface area contributed by atoms with Gasteiger partial charge in [-0.15, -0.1) is 0 Å². The van der Waals surface area contributed by atoms with Gasteiger partial charge in [-0.2, -0.15) is 0 Å². The van der Waals surface area contributed by atoms with Crippen molar-refractivity contribution >= 4 is 38.2 Å². The number of oxime groups is 1. The molecule has 0 saturated heterocycles. The Labute approximate surface area is 186 Å². The monoisotopic (exact) mass is 459 g/mol. The molecule has 170 valence electrons. The number of fused-ring (bicyclic) bond motifs is 1. The first kappa shape index (κ1) is 23.4. The largest absolute Gasteiger partial charge is 0.481 e. The molecule has 1 aromatic heterocycles. The Bertz CT molecular complexity index is 1200. The maximum absolute atomic E-state index is 13.3. The first-order valence-corrected chi connectivity index (χ1v) is 12.0. The molecular formula is C22H25N3O6S. The van der Waals surface area contributed by atoms with E-state index < -0.39 is 39.8 Å². The van der Waals surface area contributed by atoms with E-state index in [0.717, 1.165) is 28.5 Å². The van der Waals surface area contributed by atoms with Crippen LogP contribution in [0, 0.1) is 5.92 Å². The Morgan fingerprint density at radius 2 is 2.00 bits per heavy atom. The maximum atomic E-state index is 13.3. The zero-order valence-corrected chi connectivity index (χ0v) is 18.8. The number of sulfone groups is 1. The number of nitrogens with one attached hydrogen (secondary N) is 1. The van der Waals surface area contributed by atoms with Crippen LogP contribution in [-0.4, -0.2) is 54.0 Å². The number of aliphatic carboxylic acids is 1. The smallest absolute Gasteiger partial charge is 0.305 e. The summed E-state index contributed by atoms with van der Waals surface area (Å²) in [5, 5.41) is 18.7. The lowest BCUT2D eigenvalue weighted by Gasteiger charge is -2.30. The average Bonchev–Trinajstić information content (AvgIpc) is 3.17. The molecule has 2 N–H and O–H groups in total. The number of nitrogens with zero attached hydrogens (tertiary/aromatic N) is 2. The standard InChI is InChI=1S/C22H25N3O6S/c1-14(2)22(21(28)24-16(12-19(26)27)9-11-32(3,29)30)13-18(25-31-22)20-17-7-5-4-6-15(17)8-10-23-20/h4-11,14,16H,12-13H2,1-3H3,(H,24,28)(H,26,27)/t16-,22-/m1/s1. The molecule has 10 heteroatoms. The molecule has 9 nitrogen and oxygen atoms in total. The summed E-state index contributed by atoms with van der Waals surface area (Å²) in [6.07, 6.45) is 3.45. The second-order valence-corrected chi connectivity index (χ2v) is 10.00. The van der Waals surface area contributed by atoms with Gasteiger partial charge in [0.05, 0.1) is 18.2 Å². The lowest BCUT2D eigenvalue weighted by atomic mass is 9.83. The van der Waals surface area contributed by atoms with E-state index in [9.17, 15) is 18.0 Å². The number of rotatable bonds is 8. The highest BCUT2D eigenvalue weighted by molar-refractivity contribution is 7.93. The van der Waals surface area contributed by atoms with Gasteiger partial charge < -0.3 is 15.3 Å². The van der Waals surface area contributed by atoms with E-state index in [1.165, 1.54) is 0 Å². The quantitative estimate of drug-likeness (QED) is 0.618. The minimum atomic E-state index is -3.49. The highest BCUT2D eigenvalue weighted by Gasteiger charge is 2.50. The van der Waals surface area contributed by atoms with Crippen LogP contribution in [0.25, 0.3) is 10.8 Å². The van der Waals surface area contributed by atoms with Crippen LogP contribution in [0.4, 0.5) is 0 Å². The summed E-state index contributed by atoms with van der Waals surface area (Å²) in [6.45, 7) is 3.60. The van der Waals surface area contributed by atoms with Crippen LogP contribution < -0.4 is 5.32 Å². The molecule has 0 radical (unpaired) electrons. The van der Waals surface area contributed by atoms with Crippen molar-refractivity contribution in [3.05, 3.63) is 53.7 Å². The predicted octanol–water partition coefficient (Wildman–Crippen LogP) is 2.27. The lowest BCUT2D eigenvalue weighted by molar-refractivity contribution is -0.150. The van der Waals surface area contributed by atoms with Crippen LogP contribution in [0.15, 0.2) is 53.2 Å². The van der Waals surface area contributed by atoms with Gasteiger partial charge in [0.1, 0.15) is 5.71 Å². The Kier molecular flexibility index (Phi) is 6.63. The summed E-state index contributed by atoms with van der Waals surface area (Å²) in [6, 6.07) is 8.50. The van der Waals surface area contributed by atoms with E-state index >= 15 is 0 Å². The number of hydrogen-bond acceptors (Lipinski definition) is 7. The first-order valence-electron chi connectivity index (χ1n) is 10.0. The number of amides is 1. The number of carbonyl (C=O) groups excluding carboxylic acids is 1. The minimum Gasteiger partial charge on any atom is -0.481 e. The number of carbonyl (C=O) groups is 2. The predicted molar refractivity (Wildman–Crippen MR) is 120 cm³/mol. The van der Waals surface area contributed by atoms with E-state index in [2.05, 4.69) is 15.5 Å². The molecule has 2 atom stereocenters. The van der Waals surface area contributed by atoms with Crippen molar-refractivity contribution in [2.24, 2.45) is 11.1 Å². The second kappa shape index (κ2) is 9.07. The Morgan fingerprint density at radius 1 is 1.28 bits per heavy atom. The van der Waals surface area contributed by atoms with E-state index in [-0.39, 0.29) is 12.3 Å². The van der Waals surface area contributed by atoms with E-state index in [0.29, 0.717) is 11.4 Å². The van der Waals surface area contributed by atoms with Gasteiger partial charge in [0, 0.05) is 35.6 Å². The van der Waals surface area contributed by atoms with Crippen molar-refractivity contribution in [3.8, 4) is 0 Å². The van der Waals surface area contributed by atoms with Crippen molar-refractivity contribution in [2.45, 2.75) is 38.3 Å². The molecule has 2 heterocycles. The lowest BCUT2D eigenvalue weighted by Crippen LogP contribution is -2.53. The fourth-order valence-electron chi connectivity index (χ4n) is 3.50. The van der Waals surface area contributed by atoms with Crippen molar-refractivity contribution in [3.63, 3.8) is 0 Å². The third-order valence-corrected chi connectivity index (χ3v) is 5.93. The van der Waals surface area contributed by atoms with Crippen LogP contribution in [0.2, 0.25) is 0 Å². The van der Waals surface area contributed by atoms with Crippen molar-refractivity contribution < 1.29 is 28.0 Å². The molecule has 3 rings (SSSR count). The van der Waals surface area contributed by atoms with Crippen molar-refractivity contribution in [2.75, 3.05) is 6.26 Å². The molecule has 1 amide bonds. The molecule has 1 aliphatic heterocycles. The molecule has 1 aromatic carbocycles. The van der Waals surface area contributed by atoms with Gasteiger partial charge in [-0.25, -0.2) is 8.42 Å². The summed E-state index contributed by atoms with van der Waals surface area (Å²) >= 11 is 0. The fourth-order valence-corrected chi connectivity index (χ4v) is 3.98. The molecule has 0 spiro atoms. The Morgan fingerprint density at radius 3 is 2.66 bits per heavy atom. The van der Waals surface area contributed by atoms with E-state index in [1.54, 1.807) is 20.0 Å². The average molecular weight is 460 g/mol. The number of carboxylic acid groups (broad SMARTS) is 1. The van der Waals surface area contributed by atoms with Crippen LogP contribution in [0.3, 0.4) is 0 Å². The SMILES string of the molecule is CC(C)[C@@]1(C(=O)N[C@H](C=CS(C)(=O)=O)CC(=O)O)CC(c2nccc3ccccc23)=NO1. The number of benzene rings is 1. The number of hydrogen-bond donors (Lipinski definition) is 2. The highest BCUT2D eigenvalue weighted by Crippen LogP contribution is 2.35. The molecule has 2 aromatic rings. The molecule has 0 fully saturated rings. The third kappa shape index (κ3) is 5.13. The molecule has 32 heavy (non-hydrogen) atoms. The zero-order valence-electron chi connectivity index (χ0n) is 18.0. The number of carboxylic acids is 1. The van der Waals surface area contributed by atoms with Crippen LogP contribution >= 0.6 is 0 Å². The Balaban J connectivity index is 1.88. The Hall–Kier alpha value is -3.27. The molecular weight excluding hydrogens is 434 g/mol. The van der Waals surface area contributed by atoms with Gasteiger partial charge in [0.25, 0.3) is 5.91 Å². The van der Waals surface area contributed by atoms with Crippen LogP contribution in [0.1, 0.15) is 32.4 Å². The topological polar surface area (TPSA) is 135 Å². The molecule has 0 aliphatic carbocycles. The maximum Gasteiger partial charge on any atom is 0.305 e. The highest BCUT2D eigenvalue weighted by atomic mass is 32.2. The van der Waals surface area contributed by atoms with Gasteiger partial charge in [0.2, 0.25) is 5.60 Å². The zero-order chi connectivity index (χ0) is 23.5. The number of aromatic nitrogens is 1. The van der Waals surface area contributed by atoms with E-state index in [4.69, 9.17) is 9.94 Å². The van der Waals surface area contributed by atoms with E-state index in [1.807, 2.05) is 30.3 Å². The van der Waals surface area contributed by atoms with Gasteiger partial charge in [-0.05, 0) is 11.5 Å². The fraction of sp³-hybridized carbons (Fsp3) is 0.364. The molecule has 0 bridgehead atoms. The normalized spacial score (nSPS) is 19.7. The summed E-state index contributed by atoms with van der Waals surface area (Å²) in [4.78, 5) is 34.6. The van der Waals surface area contributed by atoms with Crippen molar-refractivity contribution in [1.82, 2.24) is 10.3 Å². The minimum absolute atomic E-state index is 0.132.